The number of ether oxygens (including phenoxy) is 1. The van der Waals surface area contributed by atoms with E-state index in [0.717, 1.165) is 49.5 Å². The van der Waals surface area contributed by atoms with Crippen LogP contribution in [0.2, 0.25) is 0 Å². The predicted octanol–water partition coefficient (Wildman–Crippen LogP) is 1.75. The lowest BCUT2D eigenvalue weighted by Gasteiger charge is -2.31. The quantitative estimate of drug-likeness (QED) is 0.782. The van der Waals surface area contributed by atoms with E-state index in [0.29, 0.717) is 18.9 Å². The van der Waals surface area contributed by atoms with Crippen molar-refractivity contribution < 1.29 is 9.53 Å². The highest BCUT2D eigenvalue weighted by Gasteiger charge is 2.21. The molecule has 0 spiro atoms. The van der Waals surface area contributed by atoms with E-state index < -0.39 is 0 Å². The summed E-state index contributed by atoms with van der Waals surface area (Å²) < 4.78 is 5.66. The van der Waals surface area contributed by atoms with Crippen molar-refractivity contribution in [1.29, 1.82) is 0 Å². The molecule has 1 heterocycles. The van der Waals surface area contributed by atoms with E-state index in [2.05, 4.69) is 4.90 Å². The Morgan fingerprint density at radius 2 is 2.10 bits per heavy atom. The van der Waals surface area contributed by atoms with Crippen LogP contribution in [0.5, 0.6) is 5.75 Å². The second kappa shape index (κ2) is 7.31. The fourth-order valence-corrected chi connectivity index (χ4v) is 2.89. The van der Waals surface area contributed by atoms with E-state index in [1.54, 1.807) is 0 Å². The Morgan fingerprint density at radius 3 is 2.71 bits per heavy atom. The van der Waals surface area contributed by atoms with Gasteiger partial charge < -0.3 is 16.2 Å². The van der Waals surface area contributed by atoms with Gasteiger partial charge in [-0.1, -0.05) is 0 Å². The van der Waals surface area contributed by atoms with Gasteiger partial charge in [-0.25, -0.2) is 0 Å². The molecule has 0 aromatic heterocycles. The predicted molar refractivity (Wildman–Crippen MR) is 83.8 cm³/mol. The standard InChI is InChI=1S/C16H25N3O2/c1-2-21-15-4-3-14(17)10-13(15)11-19-7-5-12(6-8-19)9-16(18)20/h3-4,10,12H,2,5-9,11,17H2,1H3,(H2,18,20). The maximum Gasteiger partial charge on any atom is 0.217 e. The van der Waals surface area contributed by atoms with Gasteiger partial charge in [-0.15, -0.1) is 0 Å². The number of amides is 1. The highest BCUT2D eigenvalue weighted by atomic mass is 16.5. The van der Waals surface area contributed by atoms with Gasteiger partial charge >= 0.3 is 0 Å². The third kappa shape index (κ3) is 4.63. The number of primary amides is 1. The van der Waals surface area contributed by atoms with Crippen molar-refractivity contribution in [1.82, 2.24) is 4.90 Å². The van der Waals surface area contributed by atoms with Gasteiger partial charge in [0.2, 0.25) is 5.91 Å². The molecule has 1 aromatic carbocycles. The van der Waals surface area contributed by atoms with E-state index in [9.17, 15) is 4.79 Å². The zero-order chi connectivity index (χ0) is 15.2. The molecule has 116 valence electrons. The molecule has 1 aliphatic heterocycles. The van der Waals surface area contributed by atoms with Crippen LogP contribution in [0.15, 0.2) is 18.2 Å². The summed E-state index contributed by atoms with van der Waals surface area (Å²) in [5.74, 6) is 1.15. The summed E-state index contributed by atoms with van der Waals surface area (Å²) in [5.41, 5.74) is 13.0. The zero-order valence-corrected chi connectivity index (χ0v) is 12.7. The van der Waals surface area contributed by atoms with Crippen molar-refractivity contribution in [2.24, 2.45) is 11.7 Å². The normalized spacial score (nSPS) is 16.8. The second-order valence-corrected chi connectivity index (χ2v) is 5.69. The average Bonchev–Trinajstić information content (AvgIpc) is 2.43. The number of piperidine rings is 1. The maximum absolute atomic E-state index is 11.0. The minimum Gasteiger partial charge on any atom is -0.494 e. The second-order valence-electron chi connectivity index (χ2n) is 5.69. The van der Waals surface area contributed by atoms with Crippen molar-refractivity contribution in [3.05, 3.63) is 23.8 Å². The summed E-state index contributed by atoms with van der Waals surface area (Å²) in [6.45, 7) is 5.44. The minimum atomic E-state index is -0.192. The molecule has 0 saturated carbocycles. The van der Waals surface area contributed by atoms with Crippen molar-refractivity contribution in [3.63, 3.8) is 0 Å². The molecule has 5 nitrogen and oxygen atoms in total. The van der Waals surface area contributed by atoms with Crippen LogP contribution in [0.25, 0.3) is 0 Å². The van der Waals surface area contributed by atoms with Crippen LogP contribution in [-0.2, 0) is 11.3 Å². The Bertz CT molecular complexity index is 482. The number of hydrogen-bond donors (Lipinski definition) is 2. The summed E-state index contributed by atoms with van der Waals surface area (Å²) in [6, 6.07) is 5.79. The maximum atomic E-state index is 11.0. The number of carbonyl (C=O) groups is 1. The number of benzene rings is 1. The van der Waals surface area contributed by atoms with Gasteiger partial charge in [-0.3, -0.25) is 9.69 Å². The SMILES string of the molecule is CCOc1ccc(N)cc1CN1CCC(CC(N)=O)CC1. The van der Waals surface area contributed by atoms with Crippen LogP contribution >= 0.6 is 0 Å². The van der Waals surface area contributed by atoms with Gasteiger partial charge in [0.1, 0.15) is 5.75 Å². The number of nitrogen functional groups attached to an aromatic ring is 1. The lowest BCUT2D eigenvalue weighted by atomic mass is 9.93. The molecule has 5 heteroatoms. The lowest BCUT2D eigenvalue weighted by molar-refractivity contribution is -0.119. The molecular weight excluding hydrogens is 266 g/mol. The van der Waals surface area contributed by atoms with Gasteiger partial charge in [0.05, 0.1) is 6.61 Å². The molecule has 0 bridgehead atoms. The third-order valence-corrected chi connectivity index (χ3v) is 3.98. The first kappa shape index (κ1) is 15.6. The van der Waals surface area contributed by atoms with Gasteiger partial charge in [0, 0.05) is 24.2 Å². The number of hydrogen-bond acceptors (Lipinski definition) is 4. The summed E-state index contributed by atoms with van der Waals surface area (Å²) in [7, 11) is 0. The monoisotopic (exact) mass is 291 g/mol. The molecule has 0 atom stereocenters. The molecule has 0 aliphatic carbocycles. The van der Waals surface area contributed by atoms with E-state index in [-0.39, 0.29) is 5.91 Å². The van der Waals surface area contributed by atoms with Crippen LogP contribution in [0.3, 0.4) is 0 Å². The minimum absolute atomic E-state index is 0.192. The Hall–Kier alpha value is -1.75. The molecule has 21 heavy (non-hydrogen) atoms. The number of carbonyl (C=O) groups excluding carboxylic acids is 1. The van der Waals surface area contributed by atoms with E-state index in [1.165, 1.54) is 0 Å². The number of rotatable bonds is 6. The topological polar surface area (TPSA) is 81.6 Å². The number of likely N-dealkylation sites (tertiary alicyclic amines) is 1. The van der Waals surface area contributed by atoms with Crippen LogP contribution in [-0.4, -0.2) is 30.5 Å². The first-order valence-electron chi connectivity index (χ1n) is 7.60. The van der Waals surface area contributed by atoms with Gasteiger partial charge in [0.25, 0.3) is 0 Å². The summed E-state index contributed by atoms with van der Waals surface area (Å²) in [5, 5.41) is 0. The Balaban J connectivity index is 1.94. The smallest absolute Gasteiger partial charge is 0.217 e. The molecular formula is C16H25N3O2. The number of nitrogens with two attached hydrogens (primary N) is 2. The van der Waals surface area contributed by atoms with Crippen molar-refractivity contribution >= 4 is 11.6 Å². The Labute approximate surface area is 126 Å². The zero-order valence-electron chi connectivity index (χ0n) is 12.7. The van der Waals surface area contributed by atoms with Gasteiger partial charge in [-0.2, -0.15) is 0 Å². The summed E-state index contributed by atoms with van der Waals surface area (Å²) >= 11 is 0. The average molecular weight is 291 g/mol. The third-order valence-electron chi connectivity index (χ3n) is 3.98. The highest BCUT2D eigenvalue weighted by molar-refractivity contribution is 5.73. The van der Waals surface area contributed by atoms with Gasteiger partial charge in [0.15, 0.2) is 0 Å². The fraction of sp³-hybridized carbons (Fsp3) is 0.562. The van der Waals surface area contributed by atoms with Crippen LogP contribution < -0.4 is 16.2 Å². The Kier molecular flexibility index (Phi) is 5.44. The molecule has 1 amide bonds. The number of anilines is 1. The molecule has 4 N–H and O–H groups in total. The molecule has 1 fully saturated rings. The molecule has 1 aliphatic rings. The fourth-order valence-electron chi connectivity index (χ4n) is 2.89. The van der Waals surface area contributed by atoms with Crippen molar-refractivity contribution in [2.45, 2.75) is 32.7 Å². The number of nitrogens with zero attached hydrogens (tertiary/aromatic N) is 1. The summed E-state index contributed by atoms with van der Waals surface area (Å²) in [4.78, 5) is 13.4. The van der Waals surface area contributed by atoms with E-state index in [1.807, 2.05) is 25.1 Å². The van der Waals surface area contributed by atoms with E-state index in [4.69, 9.17) is 16.2 Å². The van der Waals surface area contributed by atoms with Crippen LogP contribution in [0.1, 0.15) is 31.7 Å². The van der Waals surface area contributed by atoms with Crippen molar-refractivity contribution in [2.75, 3.05) is 25.4 Å². The van der Waals surface area contributed by atoms with Crippen LogP contribution in [0, 0.1) is 5.92 Å². The molecule has 1 saturated heterocycles. The molecule has 0 unspecified atom stereocenters. The first-order valence-corrected chi connectivity index (χ1v) is 7.60. The molecule has 1 aromatic rings. The first-order chi connectivity index (χ1) is 10.1. The summed E-state index contributed by atoms with van der Waals surface area (Å²) in [6.07, 6.45) is 2.56. The highest BCUT2D eigenvalue weighted by Crippen LogP contribution is 2.26. The molecule has 2 rings (SSSR count). The molecule has 0 radical (unpaired) electrons. The largest absolute Gasteiger partial charge is 0.494 e. The lowest BCUT2D eigenvalue weighted by Crippen LogP contribution is -2.34. The Morgan fingerprint density at radius 1 is 1.38 bits per heavy atom. The van der Waals surface area contributed by atoms with E-state index >= 15 is 0 Å². The van der Waals surface area contributed by atoms with Crippen molar-refractivity contribution in [3.8, 4) is 5.75 Å². The van der Waals surface area contributed by atoms with Crippen LogP contribution in [0.4, 0.5) is 5.69 Å². The van der Waals surface area contributed by atoms with Gasteiger partial charge in [-0.05, 0) is 57.0 Å².